The fourth-order valence-electron chi connectivity index (χ4n) is 9.18. The highest BCUT2D eigenvalue weighted by atomic mass is 16.5. The van der Waals surface area contributed by atoms with Crippen LogP contribution in [0.3, 0.4) is 0 Å². The second kappa shape index (κ2) is 16.2. The molecular weight excluding hydrogens is 675 g/mol. The number of allylic oxidation sites excluding steroid dienone is 1. The van der Waals surface area contributed by atoms with E-state index in [9.17, 15) is 19.7 Å². The Labute approximate surface area is 317 Å². The SMILES string of the molecule is O=C1[C@@H]2[C@@H](CC(COc3ccccc3)=C3[C@@H](CC/C(=C/c4ccccc4O)c4ccccc4)OB(O)C[C@@H]32)C(=O)N1C1CCN(Cc2ccccc2)CC1. The smallest absolute Gasteiger partial charge is 0.455 e. The van der Waals surface area contributed by atoms with Gasteiger partial charge in [0.15, 0.2) is 0 Å². The first-order valence-electron chi connectivity index (χ1n) is 19.3. The van der Waals surface area contributed by atoms with Gasteiger partial charge >= 0.3 is 7.12 Å². The molecule has 276 valence electrons. The molecule has 1 aliphatic carbocycles. The van der Waals surface area contributed by atoms with Crippen LogP contribution in [0.15, 0.2) is 126 Å². The number of benzene rings is 4. The summed E-state index contributed by atoms with van der Waals surface area (Å²) in [5, 5.41) is 21.9. The number of amides is 2. The Bertz CT molecular complexity index is 2000. The van der Waals surface area contributed by atoms with Gasteiger partial charge in [-0.2, -0.15) is 0 Å². The van der Waals surface area contributed by atoms with E-state index in [1.165, 1.54) is 5.56 Å². The minimum Gasteiger partial charge on any atom is -0.507 e. The number of phenolic OH excluding ortho intramolecular Hbond substituents is 1. The molecule has 3 fully saturated rings. The van der Waals surface area contributed by atoms with Gasteiger partial charge in [-0.3, -0.25) is 19.4 Å². The molecule has 8 nitrogen and oxygen atoms in total. The van der Waals surface area contributed by atoms with E-state index in [-0.39, 0.29) is 42.5 Å². The number of nitrogens with zero attached hydrogens (tertiary/aromatic N) is 2. The van der Waals surface area contributed by atoms with Crippen LogP contribution in [0, 0.1) is 17.8 Å². The van der Waals surface area contributed by atoms with E-state index >= 15 is 0 Å². The highest BCUT2D eigenvalue weighted by Gasteiger charge is 2.58. The quantitative estimate of drug-likeness (QED) is 0.0729. The van der Waals surface area contributed by atoms with Gasteiger partial charge in [0.05, 0.1) is 17.9 Å². The molecule has 0 spiro atoms. The molecule has 4 atom stereocenters. The third-order valence-corrected chi connectivity index (χ3v) is 11.8. The lowest BCUT2D eigenvalue weighted by molar-refractivity contribution is -0.144. The van der Waals surface area contributed by atoms with Crippen LogP contribution in [-0.2, 0) is 20.8 Å². The van der Waals surface area contributed by atoms with Crippen molar-refractivity contribution in [1.29, 1.82) is 0 Å². The van der Waals surface area contributed by atoms with Crippen LogP contribution in [0.25, 0.3) is 11.6 Å². The van der Waals surface area contributed by atoms with Gasteiger partial charge < -0.3 is 19.5 Å². The zero-order chi connectivity index (χ0) is 37.0. The maximum atomic E-state index is 14.5. The van der Waals surface area contributed by atoms with E-state index < -0.39 is 25.1 Å². The molecule has 0 saturated carbocycles. The normalized spacial score (nSPS) is 23.8. The molecule has 3 saturated heterocycles. The van der Waals surface area contributed by atoms with Crippen LogP contribution in [0.5, 0.6) is 11.5 Å². The zero-order valence-corrected chi connectivity index (χ0v) is 30.5. The van der Waals surface area contributed by atoms with Gasteiger partial charge in [0.2, 0.25) is 11.8 Å². The van der Waals surface area contributed by atoms with E-state index in [4.69, 9.17) is 9.39 Å². The summed E-state index contributed by atoms with van der Waals surface area (Å²) in [6.07, 6.45) is 4.83. The third-order valence-electron chi connectivity index (χ3n) is 11.8. The zero-order valence-electron chi connectivity index (χ0n) is 30.5. The minimum atomic E-state index is -1.07. The number of piperidine rings is 1. The van der Waals surface area contributed by atoms with Crippen molar-refractivity contribution < 1.29 is 29.1 Å². The summed E-state index contributed by atoms with van der Waals surface area (Å²) in [7, 11) is -1.07. The number of likely N-dealkylation sites (tertiary alicyclic amines) is 2. The van der Waals surface area contributed by atoms with Crippen LogP contribution in [0.2, 0.25) is 6.32 Å². The third kappa shape index (κ3) is 7.67. The Morgan fingerprint density at radius 1 is 0.833 bits per heavy atom. The molecule has 2 N–H and O–H groups in total. The fraction of sp³-hybridized carbons (Fsp3) is 0.333. The van der Waals surface area contributed by atoms with Crippen molar-refractivity contribution >= 4 is 30.6 Å². The molecule has 2 amide bonds. The second-order valence-corrected chi connectivity index (χ2v) is 15.1. The van der Waals surface area contributed by atoms with Crippen molar-refractivity contribution in [3.05, 3.63) is 143 Å². The number of hydrogen-bond donors (Lipinski definition) is 2. The minimum absolute atomic E-state index is 0.0859. The van der Waals surface area contributed by atoms with Crippen LogP contribution in [0.4, 0.5) is 0 Å². The highest BCUT2D eigenvalue weighted by molar-refractivity contribution is 6.43. The summed E-state index contributed by atoms with van der Waals surface area (Å²) in [6, 6.07) is 37.3. The standard InChI is InChI=1S/C45H47BN2O6/c49-40-19-11-10-16-34(40)26-33(32-14-6-2-7-15-32)20-21-41-42-35(30-53-37-17-8-3-9-18-37)27-38-43(39(42)28-46(52)54-41)45(51)48(44(38)50)36-22-24-47(25-23-36)29-31-12-4-1-5-13-31/h1-19,26,36,38-39,41,43,49,52H,20-25,27-30H2/b33-26-/t38-,39+,41-,43-/m1/s1. The number of hydrogen-bond acceptors (Lipinski definition) is 7. The molecular formula is C45H47BN2O6. The molecule has 3 aliphatic heterocycles. The van der Waals surface area contributed by atoms with E-state index in [2.05, 4.69) is 41.3 Å². The molecule has 4 aromatic carbocycles. The summed E-state index contributed by atoms with van der Waals surface area (Å²) in [6.45, 7) is 2.77. The average molecular weight is 723 g/mol. The first kappa shape index (κ1) is 36.0. The van der Waals surface area contributed by atoms with Crippen LogP contribution in [0.1, 0.15) is 48.8 Å². The van der Waals surface area contributed by atoms with Gasteiger partial charge in [-0.1, -0.05) is 97.1 Å². The second-order valence-electron chi connectivity index (χ2n) is 15.1. The predicted molar refractivity (Wildman–Crippen MR) is 210 cm³/mol. The first-order valence-corrected chi connectivity index (χ1v) is 19.3. The Hall–Kier alpha value is -4.96. The lowest BCUT2D eigenvalue weighted by Crippen LogP contribution is -2.48. The van der Waals surface area contributed by atoms with Crippen molar-refractivity contribution in [1.82, 2.24) is 9.80 Å². The number of para-hydroxylation sites is 2. The van der Waals surface area contributed by atoms with Crippen molar-refractivity contribution in [2.45, 2.75) is 57.1 Å². The monoisotopic (exact) mass is 722 g/mol. The first-order chi connectivity index (χ1) is 26.4. The molecule has 4 aromatic rings. The maximum absolute atomic E-state index is 14.5. The number of ether oxygens (including phenoxy) is 1. The van der Waals surface area contributed by atoms with Crippen molar-refractivity contribution in [3.63, 3.8) is 0 Å². The Kier molecular flexibility index (Phi) is 10.8. The largest absolute Gasteiger partial charge is 0.507 e. The molecule has 3 heterocycles. The van der Waals surface area contributed by atoms with Gasteiger partial charge in [0, 0.05) is 31.2 Å². The van der Waals surface area contributed by atoms with Crippen LogP contribution in [-0.4, -0.2) is 70.7 Å². The molecule has 8 rings (SSSR count). The van der Waals surface area contributed by atoms with E-state index in [0.29, 0.717) is 19.3 Å². The number of fused-ring (bicyclic) bond motifs is 3. The van der Waals surface area contributed by atoms with Crippen molar-refractivity contribution in [3.8, 4) is 11.5 Å². The maximum Gasteiger partial charge on any atom is 0.455 e. The predicted octanol–water partition coefficient (Wildman–Crippen LogP) is 7.25. The molecule has 0 unspecified atom stereocenters. The Morgan fingerprint density at radius 2 is 1.50 bits per heavy atom. The molecule has 0 radical (unpaired) electrons. The van der Waals surface area contributed by atoms with Gasteiger partial charge in [0.1, 0.15) is 18.1 Å². The number of phenols is 1. The van der Waals surface area contributed by atoms with Gasteiger partial charge in [-0.25, -0.2) is 0 Å². The van der Waals surface area contributed by atoms with Gasteiger partial charge in [-0.05, 0) is 96.5 Å². The summed E-state index contributed by atoms with van der Waals surface area (Å²) in [5.41, 5.74) is 6.00. The molecule has 9 heteroatoms. The highest BCUT2D eigenvalue weighted by Crippen LogP contribution is 2.51. The molecule has 4 aliphatic rings. The molecule has 54 heavy (non-hydrogen) atoms. The Balaban J connectivity index is 1.07. The van der Waals surface area contributed by atoms with Crippen LogP contribution < -0.4 is 4.74 Å². The summed E-state index contributed by atoms with van der Waals surface area (Å²) < 4.78 is 12.7. The topological polar surface area (TPSA) is 99.5 Å². The number of carbonyl (C=O) groups excluding carboxylic acids is 2. The summed E-state index contributed by atoms with van der Waals surface area (Å²) in [4.78, 5) is 32.9. The summed E-state index contributed by atoms with van der Waals surface area (Å²) >= 11 is 0. The average Bonchev–Trinajstić information content (AvgIpc) is 3.45. The lowest BCUT2D eigenvalue weighted by Gasteiger charge is -2.43. The van der Waals surface area contributed by atoms with Gasteiger partial charge in [0.25, 0.3) is 0 Å². The molecule has 0 bridgehead atoms. The van der Waals surface area contributed by atoms with E-state index in [0.717, 1.165) is 66.1 Å². The molecule has 0 aromatic heterocycles. The van der Waals surface area contributed by atoms with E-state index in [1.807, 2.05) is 72.8 Å². The number of aromatic hydroxyl groups is 1. The number of carbonyl (C=O) groups is 2. The van der Waals surface area contributed by atoms with E-state index in [1.54, 1.807) is 17.0 Å². The van der Waals surface area contributed by atoms with Crippen molar-refractivity contribution in [2.75, 3.05) is 19.7 Å². The number of rotatable bonds is 11. The summed E-state index contributed by atoms with van der Waals surface area (Å²) in [5.74, 6) is -0.628. The van der Waals surface area contributed by atoms with Crippen molar-refractivity contribution in [2.24, 2.45) is 17.8 Å². The lowest BCUT2D eigenvalue weighted by atomic mass is 9.58. The van der Waals surface area contributed by atoms with Gasteiger partial charge in [-0.15, -0.1) is 0 Å². The van der Waals surface area contributed by atoms with Crippen LogP contribution >= 0.6 is 0 Å². The fourth-order valence-corrected chi connectivity index (χ4v) is 9.18. The number of imide groups is 1. The Morgan fingerprint density at radius 3 is 2.22 bits per heavy atom.